The molecule has 2 aromatic carbocycles. The van der Waals surface area contributed by atoms with Crippen LogP contribution in [0.4, 0.5) is 0 Å². The largest absolute Gasteiger partial charge is 0.493 e. The minimum absolute atomic E-state index is 0.0386. The number of aliphatic hydroxyl groups excluding tert-OH is 2. The zero-order valence-electron chi connectivity index (χ0n) is 17.2. The summed E-state index contributed by atoms with van der Waals surface area (Å²) in [6.07, 6.45) is 1.61. The number of piperidine rings is 1. The molecule has 1 saturated heterocycles. The van der Waals surface area contributed by atoms with Gasteiger partial charge in [0.2, 0.25) is 0 Å². The molecule has 0 aliphatic carbocycles. The minimum atomic E-state index is -0.548. The summed E-state index contributed by atoms with van der Waals surface area (Å²) in [4.78, 5) is 5.45. The van der Waals surface area contributed by atoms with Crippen molar-refractivity contribution in [1.29, 1.82) is 0 Å². The molecule has 3 N–H and O–H groups in total. The van der Waals surface area contributed by atoms with E-state index < -0.39 is 6.10 Å². The topological polar surface area (TPSA) is 77.9 Å². The maximum atomic E-state index is 10.5. The molecule has 1 aromatic heterocycles. The molecule has 1 aliphatic rings. The van der Waals surface area contributed by atoms with E-state index in [1.807, 2.05) is 54.6 Å². The molecule has 2 heterocycles. The Labute approximate surface area is 177 Å². The number of para-hydroxylation sites is 1. The van der Waals surface area contributed by atoms with E-state index in [2.05, 4.69) is 9.88 Å². The molecule has 1 atom stereocenters. The van der Waals surface area contributed by atoms with Crippen LogP contribution in [0, 0.1) is 5.92 Å². The van der Waals surface area contributed by atoms with Crippen molar-refractivity contribution in [2.75, 3.05) is 32.8 Å². The van der Waals surface area contributed by atoms with Crippen LogP contribution in [0.5, 0.6) is 11.5 Å². The molecule has 3 aromatic rings. The predicted molar refractivity (Wildman–Crippen MR) is 117 cm³/mol. The van der Waals surface area contributed by atoms with Gasteiger partial charge in [-0.1, -0.05) is 24.3 Å². The molecular weight excluding hydrogens is 380 g/mol. The first-order chi connectivity index (χ1) is 14.7. The van der Waals surface area contributed by atoms with E-state index in [0.29, 0.717) is 12.5 Å². The Hall–Kier alpha value is -2.54. The van der Waals surface area contributed by atoms with Crippen molar-refractivity contribution in [3.05, 3.63) is 60.3 Å². The number of aromatic amines is 1. The van der Waals surface area contributed by atoms with Crippen molar-refractivity contribution in [3.63, 3.8) is 0 Å². The summed E-state index contributed by atoms with van der Waals surface area (Å²) in [5, 5.41) is 20.7. The fourth-order valence-corrected chi connectivity index (χ4v) is 4.00. The van der Waals surface area contributed by atoms with Crippen LogP contribution in [-0.4, -0.2) is 59.0 Å². The van der Waals surface area contributed by atoms with Gasteiger partial charge in [-0.3, -0.25) is 0 Å². The van der Waals surface area contributed by atoms with Gasteiger partial charge < -0.3 is 29.6 Å². The second kappa shape index (κ2) is 9.98. The highest BCUT2D eigenvalue weighted by Gasteiger charge is 2.22. The molecule has 0 radical (unpaired) electrons. The summed E-state index contributed by atoms with van der Waals surface area (Å²) in [5.74, 6) is 2.21. The van der Waals surface area contributed by atoms with Gasteiger partial charge in [0.1, 0.15) is 24.2 Å². The van der Waals surface area contributed by atoms with E-state index in [9.17, 15) is 10.2 Å². The number of aromatic nitrogens is 1. The van der Waals surface area contributed by atoms with Crippen LogP contribution in [0.25, 0.3) is 10.9 Å². The lowest BCUT2D eigenvalue weighted by Crippen LogP contribution is -2.41. The second-order valence-corrected chi connectivity index (χ2v) is 8.00. The average Bonchev–Trinajstić information content (AvgIpc) is 3.22. The van der Waals surface area contributed by atoms with Crippen molar-refractivity contribution in [3.8, 4) is 11.5 Å². The summed E-state index contributed by atoms with van der Waals surface area (Å²) in [6, 6.07) is 17.6. The first kappa shape index (κ1) is 20.7. The van der Waals surface area contributed by atoms with Crippen molar-refractivity contribution in [2.45, 2.75) is 25.6 Å². The Balaban J connectivity index is 1.20. The van der Waals surface area contributed by atoms with E-state index in [0.717, 1.165) is 60.6 Å². The molecule has 0 amide bonds. The average molecular weight is 411 g/mol. The number of aliphatic hydroxyl groups is 2. The maximum Gasteiger partial charge on any atom is 0.128 e. The SMILES string of the molecule is OCc1cc2c(OCC(O)CN3CCC(COc4ccccc4)CC3)cccc2[nH]1. The predicted octanol–water partition coefficient (Wildman–Crippen LogP) is 3.19. The third-order valence-corrected chi connectivity index (χ3v) is 5.69. The standard InChI is InChI=1S/C24H30N2O4/c27-15-19-13-22-23(25-19)7-4-8-24(22)30-17-20(28)14-26-11-9-18(10-12-26)16-29-21-5-2-1-3-6-21/h1-8,13,18,20,25,27-28H,9-12,14-17H2. The highest BCUT2D eigenvalue weighted by atomic mass is 16.5. The van der Waals surface area contributed by atoms with E-state index in [4.69, 9.17) is 9.47 Å². The molecule has 4 rings (SSSR count). The van der Waals surface area contributed by atoms with E-state index in [1.54, 1.807) is 0 Å². The highest BCUT2D eigenvalue weighted by Crippen LogP contribution is 2.27. The molecule has 160 valence electrons. The van der Waals surface area contributed by atoms with Crippen molar-refractivity contribution in [2.24, 2.45) is 5.92 Å². The van der Waals surface area contributed by atoms with Crippen molar-refractivity contribution < 1.29 is 19.7 Å². The van der Waals surface area contributed by atoms with Crippen molar-refractivity contribution in [1.82, 2.24) is 9.88 Å². The molecule has 30 heavy (non-hydrogen) atoms. The molecule has 0 saturated carbocycles. The third kappa shape index (κ3) is 5.33. The zero-order valence-corrected chi connectivity index (χ0v) is 17.2. The van der Waals surface area contributed by atoms with Gasteiger partial charge >= 0.3 is 0 Å². The molecule has 1 fully saturated rings. The first-order valence-electron chi connectivity index (χ1n) is 10.6. The van der Waals surface area contributed by atoms with Gasteiger partial charge in [-0.2, -0.15) is 0 Å². The fraction of sp³-hybridized carbons (Fsp3) is 0.417. The summed E-state index contributed by atoms with van der Waals surface area (Å²) < 4.78 is 11.8. The Morgan fingerprint density at radius 2 is 1.83 bits per heavy atom. The Morgan fingerprint density at radius 3 is 2.60 bits per heavy atom. The van der Waals surface area contributed by atoms with Gasteiger partial charge in [0.15, 0.2) is 0 Å². The Bertz CT molecular complexity index is 919. The number of ether oxygens (including phenoxy) is 2. The summed E-state index contributed by atoms with van der Waals surface area (Å²) in [5.41, 5.74) is 1.67. The van der Waals surface area contributed by atoms with Gasteiger partial charge in [-0.05, 0) is 62.2 Å². The number of hydrogen-bond donors (Lipinski definition) is 3. The van der Waals surface area contributed by atoms with Gasteiger partial charge in [0.25, 0.3) is 0 Å². The fourth-order valence-electron chi connectivity index (χ4n) is 4.00. The lowest BCUT2D eigenvalue weighted by Gasteiger charge is -2.33. The quantitative estimate of drug-likeness (QED) is 0.505. The number of benzene rings is 2. The third-order valence-electron chi connectivity index (χ3n) is 5.69. The maximum absolute atomic E-state index is 10.5. The number of nitrogens with one attached hydrogen (secondary N) is 1. The van der Waals surface area contributed by atoms with Gasteiger partial charge in [0, 0.05) is 23.1 Å². The molecule has 1 aliphatic heterocycles. The van der Waals surface area contributed by atoms with Gasteiger partial charge in [-0.25, -0.2) is 0 Å². The summed E-state index contributed by atoms with van der Waals surface area (Å²) in [6.45, 7) is 3.50. The van der Waals surface area contributed by atoms with E-state index in [-0.39, 0.29) is 13.2 Å². The lowest BCUT2D eigenvalue weighted by atomic mass is 9.97. The second-order valence-electron chi connectivity index (χ2n) is 8.00. The number of likely N-dealkylation sites (tertiary alicyclic amines) is 1. The monoisotopic (exact) mass is 410 g/mol. The molecule has 0 spiro atoms. The van der Waals surface area contributed by atoms with Crippen LogP contribution in [0.3, 0.4) is 0 Å². The molecule has 1 unspecified atom stereocenters. The normalized spacial score (nSPS) is 16.6. The van der Waals surface area contributed by atoms with E-state index in [1.165, 1.54) is 0 Å². The van der Waals surface area contributed by atoms with Gasteiger partial charge in [0.05, 0.1) is 13.2 Å². The zero-order chi connectivity index (χ0) is 20.8. The Morgan fingerprint density at radius 1 is 1.03 bits per heavy atom. The number of fused-ring (bicyclic) bond motifs is 1. The smallest absolute Gasteiger partial charge is 0.128 e. The van der Waals surface area contributed by atoms with E-state index >= 15 is 0 Å². The Kier molecular flexibility index (Phi) is 6.89. The molecular formula is C24H30N2O4. The van der Waals surface area contributed by atoms with Crippen LogP contribution in [-0.2, 0) is 6.61 Å². The summed E-state index contributed by atoms with van der Waals surface area (Å²) in [7, 11) is 0. The number of rotatable bonds is 9. The first-order valence-corrected chi connectivity index (χ1v) is 10.6. The minimum Gasteiger partial charge on any atom is -0.493 e. The molecule has 6 heteroatoms. The van der Waals surface area contributed by atoms with Gasteiger partial charge in [-0.15, -0.1) is 0 Å². The van der Waals surface area contributed by atoms with Crippen LogP contribution >= 0.6 is 0 Å². The number of H-pyrrole nitrogens is 1. The lowest BCUT2D eigenvalue weighted by molar-refractivity contribution is 0.0507. The number of nitrogens with zero attached hydrogens (tertiary/aromatic N) is 1. The van der Waals surface area contributed by atoms with Crippen LogP contribution in [0.1, 0.15) is 18.5 Å². The number of β-amino-alcohol motifs (C(OH)–C–C–N with tert-alkyl or cyclic N) is 1. The molecule has 6 nitrogen and oxygen atoms in total. The van der Waals surface area contributed by atoms with Crippen molar-refractivity contribution >= 4 is 10.9 Å². The summed E-state index contributed by atoms with van der Waals surface area (Å²) >= 11 is 0. The van der Waals surface area contributed by atoms with Crippen LogP contribution in [0.2, 0.25) is 0 Å². The number of hydrogen-bond acceptors (Lipinski definition) is 5. The molecule has 0 bridgehead atoms. The highest BCUT2D eigenvalue weighted by molar-refractivity contribution is 5.86. The van der Waals surface area contributed by atoms with Crippen LogP contribution < -0.4 is 9.47 Å². The van der Waals surface area contributed by atoms with Crippen LogP contribution in [0.15, 0.2) is 54.6 Å².